The van der Waals surface area contributed by atoms with E-state index in [9.17, 15) is 4.79 Å². The van der Waals surface area contributed by atoms with Crippen molar-refractivity contribution in [3.8, 4) is 5.75 Å². The molecule has 1 saturated carbocycles. The minimum absolute atomic E-state index is 0.00790. The number of nitrogens with one attached hydrogen (secondary N) is 3. The molecule has 5 N–H and O–H groups in total. The van der Waals surface area contributed by atoms with E-state index in [1.54, 1.807) is 7.11 Å². The molecule has 1 fully saturated rings. The van der Waals surface area contributed by atoms with E-state index in [4.69, 9.17) is 10.5 Å². The number of amides is 1. The first kappa shape index (κ1) is 19.3. The van der Waals surface area contributed by atoms with Gasteiger partial charge in [-0.3, -0.25) is 9.89 Å². The number of ether oxygens (including phenoxy) is 1. The topological polar surface area (TPSA) is 105 Å². The number of aromatic nitrogens is 2. The summed E-state index contributed by atoms with van der Waals surface area (Å²) in [4.78, 5) is 12.6. The van der Waals surface area contributed by atoms with Crippen molar-refractivity contribution in [1.82, 2.24) is 10.2 Å². The molecule has 0 spiro atoms. The molecule has 1 heterocycles. The Labute approximate surface area is 170 Å². The number of rotatable bonds is 6. The third-order valence-corrected chi connectivity index (χ3v) is 5.53. The van der Waals surface area contributed by atoms with Gasteiger partial charge in [0.25, 0.3) is 0 Å². The summed E-state index contributed by atoms with van der Waals surface area (Å²) in [6.07, 6.45) is 3.68. The lowest BCUT2D eigenvalue weighted by molar-refractivity contribution is -0.120. The number of carbonyl (C=O) groups excluding carboxylic acids is 1. The molecular formula is C22H27N5O2. The van der Waals surface area contributed by atoms with Crippen molar-refractivity contribution in [2.24, 2.45) is 11.7 Å². The summed E-state index contributed by atoms with van der Waals surface area (Å²) in [5.74, 6) is 1.63. The predicted molar refractivity (Wildman–Crippen MR) is 115 cm³/mol. The van der Waals surface area contributed by atoms with Gasteiger partial charge in [-0.1, -0.05) is 18.6 Å². The molecule has 3 aromatic rings. The van der Waals surface area contributed by atoms with Crippen molar-refractivity contribution < 1.29 is 9.53 Å². The number of H-pyrrole nitrogens is 1. The van der Waals surface area contributed by atoms with Crippen LogP contribution in [0.15, 0.2) is 42.5 Å². The Balaban J connectivity index is 1.44. The van der Waals surface area contributed by atoms with Gasteiger partial charge in [0.2, 0.25) is 5.91 Å². The molecule has 1 aliphatic rings. The van der Waals surface area contributed by atoms with Gasteiger partial charge in [0.1, 0.15) is 5.75 Å². The summed E-state index contributed by atoms with van der Waals surface area (Å²) in [5, 5.41) is 14.8. The Kier molecular flexibility index (Phi) is 5.67. The van der Waals surface area contributed by atoms with Gasteiger partial charge < -0.3 is 21.1 Å². The van der Waals surface area contributed by atoms with E-state index in [1.807, 2.05) is 42.5 Å². The zero-order valence-electron chi connectivity index (χ0n) is 16.6. The van der Waals surface area contributed by atoms with Gasteiger partial charge in [0, 0.05) is 29.6 Å². The maximum absolute atomic E-state index is 12.6. The summed E-state index contributed by atoms with van der Waals surface area (Å²) in [6.45, 7) is 0.639. The lowest BCUT2D eigenvalue weighted by Gasteiger charge is -2.25. The third-order valence-electron chi connectivity index (χ3n) is 5.53. The largest absolute Gasteiger partial charge is 0.497 e. The van der Waals surface area contributed by atoms with Gasteiger partial charge in [-0.2, -0.15) is 5.10 Å². The van der Waals surface area contributed by atoms with E-state index in [2.05, 4.69) is 20.8 Å². The van der Waals surface area contributed by atoms with Crippen molar-refractivity contribution in [3.63, 3.8) is 0 Å². The third kappa shape index (κ3) is 4.51. The average Bonchev–Trinajstić information content (AvgIpc) is 3.15. The standard InChI is InChI=1S/C22H27N5O2/c1-29-18-8-5-14(6-9-18)13-24-21-19-12-17(7-10-20(19)26-27-21)25-22(28)15-3-2-4-16(23)11-15/h5-10,12,15-16H,2-4,11,13,23H2,1H3,(H,25,28)(H2,24,26,27). The van der Waals surface area contributed by atoms with Crippen LogP contribution < -0.4 is 21.1 Å². The molecule has 29 heavy (non-hydrogen) atoms. The summed E-state index contributed by atoms with van der Waals surface area (Å²) in [7, 11) is 1.65. The van der Waals surface area contributed by atoms with Crippen LogP contribution in [0.1, 0.15) is 31.2 Å². The maximum Gasteiger partial charge on any atom is 0.227 e. The second kappa shape index (κ2) is 8.53. The molecular weight excluding hydrogens is 366 g/mol. The van der Waals surface area contributed by atoms with Crippen LogP contribution in [-0.2, 0) is 11.3 Å². The average molecular weight is 393 g/mol. The molecule has 0 bridgehead atoms. The number of hydrogen-bond acceptors (Lipinski definition) is 5. The number of hydrogen-bond donors (Lipinski definition) is 4. The van der Waals surface area contributed by atoms with E-state index >= 15 is 0 Å². The highest BCUT2D eigenvalue weighted by molar-refractivity contribution is 5.97. The zero-order valence-corrected chi connectivity index (χ0v) is 16.6. The van der Waals surface area contributed by atoms with Gasteiger partial charge in [-0.25, -0.2) is 0 Å². The van der Waals surface area contributed by atoms with Crippen LogP contribution in [0.3, 0.4) is 0 Å². The number of nitrogens with two attached hydrogens (primary N) is 1. The lowest BCUT2D eigenvalue weighted by atomic mass is 9.85. The molecule has 0 aliphatic heterocycles. The highest BCUT2D eigenvalue weighted by Gasteiger charge is 2.25. The van der Waals surface area contributed by atoms with Crippen molar-refractivity contribution in [2.75, 3.05) is 17.7 Å². The normalized spacial score (nSPS) is 19.1. The number of benzene rings is 2. The van der Waals surface area contributed by atoms with E-state index < -0.39 is 0 Å². The van der Waals surface area contributed by atoms with E-state index in [0.717, 1.165) is 59.4 Å². The number of anilines is 2. The van der Waals surface area contributed by atoms with Gasteiger partial charge in [-0.05, 0) is 55.2 Å². The van der Waals surface area contributed by atoms with E-state index in [-0.39, 0.29) is 17.9 Å². The first-order valence-corrected chi connectivity index (χ1v) is 10.0. The van der Waals surface area contributed by atoms with E-state index in [0.29, 0.717) is 6.54 Å². The quantitative estimate of drug-likeness (QED) is 0.512. The molecule has 0 saturated heterocycles. The van der Waals surface area contributed by atoms with Crippen molar-refractivity contribution in [3.05, 3.63) is 48.0 Å². The Morgan fingerprint density at radius 3 is 2.83 bits per heavy atom. The number of carbonyl (C=O) groups is 1. The molecule has 1 amide bonds. The molecule has 2 unspecified atom stereocenters. The first-order chi connectivity index (χ1) is 14.1. The number of fused-ring (bicyclic) bond motifs is 1. The molecule has 2 atom stereocenters. The van der Waals surface area contributed by atoms with Crippen LogP contribution in [0.25, 0.3) is 10.9 Å². The minimum atomic E-state index is -0.00790. The smallest absolute Gasteiger partial charge is 0.227 e. The number of nitrogens with zero attached hydrogens (tertiary/aromatic N) is 1. The van der Waals surface area contributed by atoms with E-state index in [1.165, 1.54) is 0 Å². The molecule has 1 aromatic heterocycles. The SMILES string of the molecule is COc1ccc(CNc2n[nH]c3ccc(NC(=O)C4CCCC(N)C4)cc23)cc1. The molecule has 152 valence electrons. The van der Waals surface area contributed by atoms with Crippen LogP contribution in [0.4, 0.5) is 11.5 Å². The monoisotopic (exact) mass is 393 g/mol. The maximum atomic E-state index is 12.6. The van der Waals surface area contributed by atoms with Gasteiger partial charge in [-0.15, -0.1) is 0 Å². The summed E-state index contributed by atoms with van der Waals surface area (Å²) in [5.41, 5.74) is 8.84. The molecule has 7 heteroatoms. The highest BCUT2D eigenvalue weighted by Crippen LogP contribution is 2.27. The Morgan fingerprint density at radius 2 is 2.07 bits per heavy atom. The van der Waals surface area contributed by atoms with Crippen LogP contribution in [0.2, 0.25) is 0 Å². The molecule has 7 nitrogen and oxygen atoms in total. The Morgan fingerprint density at radius 1 is 1.24 bits per heavy atom. The van der Waals surface area contributed by atoms with Crippen molar-refractivity contribution in [1.29, 1.82) is 0 Å². The minimum Gasteiger partial charge on any atom is -0.497 e. The zero-order chi connectivity index (χ0) is 20.2. The molecule has 1 aliphatic carbocycles. The fourth-order valence-electron chi connectivity index (χ4n) is 3.87. The van der Waals surface area contributed by atoms with Crippen molar-refractivity contribution >= 4 is 28.3 Å². The summed E-state index contributed by atoms with van der Waals surface area (Å²) >= 11 is 0. The van der Waals surface area contributed by atoms with Gasteiger partial charge in [0.05, 0.1) is 12.6 Å². The summed E-state index contributed by atoms with van der Waals surface area (Å²) in [6, 6.07) is 13.8. The van der Waals surface area contributed by atoms with Crippen LogP contribution >= 0.6 is 0 Å². The second-order valence-electron chi connectivity index (χ2n) is 7.65. The molecule has 2 aromatic carbocycles. The molecule has 0 radical (unpaired) electrons. The van der Waals surface area contributed by atoms with Crippen molar-refractivity contribution in [2.45, 2.75) is 38.3 Å². The predicted octanol–water partition coefficient (Wildman–Crippen LogP) is 3.64. The molecule has 4 rings (SSSR count). The van der Waals surface area contributed by atoms with Crippen LogP contribution in [0.5, 0.6) is 5.75 Å². The Bertz CT molecular complexity index is 983. The van der Waals surface area contributed by atoms with Crippen LogP contribution in [-0.4, -0.2) is 29.3 Å². The Hall–Kier alpha value is -3.06. The fourth-order valence-corrected chi connectivity index (χ4v) is 3.87. The number of methoxy groups -OCH3 is 1. The summed E-state index contributed by atoms with van der Waals surface area (Å²) < 4.78 is 5.19. The number of aromatic amines is 1. The van der Waals surface area contributed by atoms with Gasteiger partial charge >= 0.3 is 0 Å². The highest BCUT2D eigenvalue weighted by atomic mass is 16.5. The lowest BCUT2D eigenvalue weighted by Crippen LogP contribution is -2.34. The van der Waals surface area contributed by atoms with Gasteiger partial charge in [0.15, 0.2) is 5.82 Å². The second-order valence-corrected chi connectivity index (χ2v) is 7.65. The first-order valence-electron chi connectivity index (χ1n) is 10.0. The fraction of sp³-hybridized carbons (Fsp3) is 0.364. The van der Waals surface area contributed by atoms with Crippen LogP contribution in [0, 0.1) is 5.92 Å².